The molecule has 4 heteroatoms. The lowest BCUT2D eigenvalue weighted by atomic mass is 10.1. The van der Waals surface area contributed by atoms with Gasteiger partial charge in [0.15, 0.2) is 0 Å². The van der Waals surface area contributed by atoms with Gasteiger partial charge in [-0.25, -0.2) is 0 Å². The molecule has 13 heavy (non-hydrogen) atoms. The first-order valence-corrected chi connectivity index (χ1v) is 5.28. The summed E-state index contributed by atoms with van der Waals surface area (Å²) in [4.78, 5) is 10.4. The standard InChI is InChI=1S/C9H11NO2S/c1-7-4-3-5-8(6-13-2)9(7)10(11)12/h3-5H,6H2,1-2H3. The van der Waals surface area contributed by atoms with E-state index in [1.54, 1.807) is 24.8 Å². The maximum absolute atomic E-state index is 10.7. The molecule has 0 amide bonds. The second-order valence-electron chi connectivity index (χ2n) is 2.77. The van der Waals surface area contributed by atoms with Crippen molar-refractivity contribution in [1.82, 2.24) is 0 Å². The Balaban J connectivity index is 3.17. The van der Waals surface area contributed by atoms with E-state index in [9.17, 15) is 10.1 Å². The number of hydrogen-bond donors (Lipinski definition) is 0. The van der Waals surface area contributed by atoms with Crippen LogP contribution in [0.5, 0.6) is 0 Å². The Morgan fingerprint density at radius 2 is 2.23 bits per heavy atom. The molecule has 0 heterocycles. The molecule has 0 spiro atoms. The van der Waals surface area contributed by atoms with Crippen LogP contribution in [0.25, 0.3) is 0 Å². The molecule has 0 aliphatic heterocycles. The molecule has 0 aliphatic rings. The lowest BCUT2D eigenvalue weighted by molar-refractivity contribution is -0.386. The topological polar surface area (TPSA) is 43.1 Å². The molecule has 1 aromatic carbocycles. The summed E-state index contributed by atoms with van der Waals surface area (Å²) in [5.41, 5.74) is 1.80. The van der Waals surface area contributed by atoms with E-state index in [1.165, 1.54) is 0 Å². The molecular weight excluding hydrogens is 186 g/mol. The normalized spacial score (nSPS) is 10.0. The van der Waals surface area contributed by atoms with E-state index in [0.29, 0.717) is 5.75 Å². The van der Waals surface area contributed by atoms with Crippen LogP contribution in [0.2, 0.25) is 0 Å². The molecule has 3 nitrogen and oxygen atoms in total. The first-order valence-electron chi connectivity index (χ1n) is 3.88. The van der Waals surface area contributed by atoms with Gasteiger partial charge in [0.1, 0.15) is 0 Å². The van der Waals surface area contributed by atoms with Gasteiger partial charge in [-0.3, -0.25) is 10.1 Å². The second-order valence-corrected chi connectivity index (χ2v) is 3.64. The highest BCUT2D eigenvalue weighted by atomic mass is 32.2. The molecule has 70 valence electrons. The number of hydrogen-bond acceptors (Lipinski definition) is 3. The molecule has 0 atom stereocenters. The fourth-order valence-corrected chi connectivity index (χ4v) is 1.80. The van der Waals surface area contributed by atoms with Crippen LogP contribution < -0.4 is 0 Å². The van der Waals surface area contributed by atoms with Gasteiger partial charge >= 0.3 is 0 Å². The number of benzene rings is 1. The van der Waals surface area contributed by atoms with Crippen LogP contribution in [0.4, 0.5) is 5.69 Å². The van der Waals surface area contributed by atoms with Gasteiger partial charge in [0.2, 0.25) is 0 Å². The fourth-order valence-electron chi connectivity index (χ4n) is 1.25. The summed E-state index contributed by atoms with van der Waals surface area (Å²) in [5.74, 6) is 0.692. The average molecular weight is 197 g/mol. The van der Waals surface area contributed by atoms with Crippen molar-refractivity contribution in [1.29, 1.82) is 0 Å². The minimum atomic E-state index is -0.305. The van der Waals surface area contributed by atoms with Crippen molar-refractivity contribution in [3.63, 3.8) is 0 Å². The van der Waals surface area contributed by atoms with E-state index in [1.807, 2.05) is 18.4 Å². The second kappa shape index (κ2) is 4.28. The highest BCUT2D eigenvalue weighted by Gasteiger charge is 2.15. The molecule has 0 radical (unpaired) electrons. The molecule has 0 fully saturated rings. The minimum absolute atomic E-state index is 0.261. The van der Waals surface area contributed by atoms with E-state index in [2.05, 4.69) is 0 Å². The van der Waals surface area contributed by atoms with Gasteiger partial charge in [-0.05, 0) is 13.2 Å². The van der Waals surface area contributed by atoms with Crippen LogP contribution in [-0.4, -0.2) is 11.2 Å². The molecular formula is C9H11NO2S. The summed E-state index contributed by atoms with van der Waals surface area (Å²) in [6.07, 6.45) is 1.94. The Kier molecular flexibility index (Phi) is 3.31. The van der Waals surface area contributed by atoms with Gasteiger partial charge in [0.25, 0.3) is 5.69 Å². The van der Waals surface area contributed by atoms with Crippen LogP contribution in [0.1, 0.15) is 11.1 Å². The number of thioether (sulfide) groups is 1. The molecule has 0 saturated heterocycles. The summed E-state index contributed by atoms with van der Waals surface area (Å²) in [5, 5.41) is 10.7. The Labute approximate surface area is 81.3 Å². The number of aryl methyl sites for hydroxylation is 1. The molecule has 0 saturated carbocycles. The van der Waals surface area contributed by atoms with Crippen LogP contribution >= 0.6 is 11.8 Å². The predicted molar refractivity (Wildman–Crippen MR) is 55.1 cm³/mol. The molecule has 0 aromatic heterocycles. The smallest absolute Gasteiger partial charge is 0.258 e. The highest BCUT2D eigenvalue weighted by molar-refractivity contribution is 7.97. The first kappa shape index (κ1) is 10.1. The summed E-state index contributed by atoms with van der Waals surface area (Å²) in [6, 6.07) is 5.43. The third-order valence-electron chi connectivity index (χ3n) is 1.80. The van der Waals surface area contributed by atoms with Crippen molar-refractivity contribution in [3.05, 3.63) is 39.4 Å². The third kappa shape index (κ3) is 2.21. The molecule has 0 unspecified atom stereocenters. The zero-order valence-electron chi connectivity index (χ0n) is 7.61. The lowest BCUT2D eigenvalue weighted by Crippen LogP contribution is -1.96. The maximum Gasteiger partial charge on any atom is 0.276 e. The molecule has 0 bridgehead atoms. The number of rotatable bonds is 3. The maximum atomic E-state index is 10.7. The number of para-hydroxylation sites is 1. The fraction of sp³-hybridized carbons (Fsp3) is 0.333. The van der Waals surface area contributed by atoms with Gasteiger partial charge < -0.3 is 0 Å². The van der Waals surface area contributed by atoms with E-state index in [-0.39, 0.29) is 10.6 Å². The van der Waals surface area contributed by atoms with Gasteiger partial charge in [-0.2, -0.15) is 11.8 Å². The van der Waals surface area contributed by atoms with Gasteiger partial charge in [0.05, 0.1) is 4.92 Å². The van der Waals surface area contributed by atoms with E-state index in [4.69, 9.17) is 0 Å². The average Bonchev–Trinajstić information content (AvgIpc) is 2.04. The number of nitrogens with zero attached hydrogens (tertiary/aromatic N) is 1. The first-order chi connectivity index (χ1) is 6.16. The van der Waals surface area contributed by atoms with Gasteiger partial charge in [-0.1, -0.05) is 18.2 Å². The Morgan fingerprint density at radius 3 is 2.77 bits per heavy atom. The molecule has 0 N–H and O–H groups in total. The SMILES string of the molecule is CSCc1cccc(C)c1[N+](=O)[O-]. The molecule has 1 rings (SSSR count). The summed E-state index contributed by atoms with van der Waals surface area (Å²) < 4.78 is 0. The van der Waals surface area contributed by atoms with E-state index in [0.717, 1.165) is 11.1 Å². The summed E-state index contributed by atoms with van der Waals surface area (Å²) in [7, 11) is 0. The minimum Gasteiger partial charge on any atom is -0.258 e. The van der Waals surface area contributed by atoms with Crippen molar-refractivity contribution in [2.75, 3.05) is 6.26 Å². The highest BCUT2D eigenvalue weighted by Crippen LogP contribution is 2.25. The number of nitro benzene ring substituents is 1. The number of nitro groups is 1. The quantitative estimate of drug-likeness (QED) is 0.552. The Bertz CT molecular complexity index is 325. The van der Waals surface area contributed by atoms with Crippen LogP contribution in [0.15, 0.2) is 18.2 Å². The van der Waals surface area contributed by atoms with Crippen molar-refractivity contribution < 1.29 is 4.92 Å². The van der Waals surface area contributed by atoms with Crippen molar-refractivity contribution >= 4 is 17.4 Å². The monoisotopic (exact) mass is 197 g/mol. The summed E-state index contributed by atoms with van der Waals surface area (Å²) in [6.45, 7) is 1.77. The van der Waals surface area contributed by atoms with Crippen LogP contribution in [0, 0.1) is 17.0 Å². The summed E-state index contributed by atoms with van der Waals surface area (Å²) >= 11 is 1.59. The van der Waals surface area contributed by atoms with Crippen LogP contribution in [0.3, 0.4) is 0 Å². The van der Waals surface area contributed by atoms with Crippen LogP contribution in [-0.2, 0) is 5.75 Å². The van der Waals surface area contributed by atoms with Gasteiger partial charge in [0, 0.05) is 16.9 Å². The lowest BCUT2D eigenvalue weighted by Gasteiger charge is -2.02. The zero-order chi connectivity index (χ0) is 9.84. The van der Waals surface area contributed by atoms with Crippen molar-refractivity contribution in [2.45, 2.75) is 12.7 Å². The van der Waals surface area contributed by atoms with E-state index < -0.39 is 0 Å². The van der Waals surface area contributed by atoms with Gasteiger partial charge in [-0.15, -0.1) is 0 Å². The third-order valence-corrected chi connectivity index (χ3v) is 2.40. The van der Waals surface area contributed by atoms with Crippen molar-refractivity contribution in [3.8, 4) is 0 Å². The Morgan fingerprint density at radius 1 is 1.54 bits per heavy atom. The molecule has 0 aliphatic carbocycles. The zero-order valence-corrected chi connectivity index (χ0v) is 8.43. The predicted octanol–water partition coefficient (Wildman–Crippen LogP) is 2.77. The molecule has 1 aromatic rings. The van der Waals surface area contributed by atoms with E-state index >= 15 is 0 Å². The Hall–Kier alpha value is -1.03. The van der Waals surface area contributed by atoms with Crippen molar-refractivity contribution in [2.24, 2.45) is 0 Å². The largest absolute Gasteiger partial charge is 0.276 e.